The van der Waals surface area contributed by atoms with E-state index in [1.807, 2.05) is 0 Å². The van der Waals surface area contributed by atoms with E-state index in [1.165, 1.54) is 6.20 Å². The Labute approximate surface area is 81.8 Å². The van der Waals surface area contributed by atoms with Gasteiger partial charge in [0.2, 0.25) is 0 Å². The molecule has 0 spiro atoms. The Kier molecular flexibility index (Phi) is 4.24. The molecular weight excluding hydrogens is 184 g/mol. The van der Waals surface area contributed by atoms with E-state index in [9.17, 15) is 0 Å². The van der Waals surface area contributed by atoms with Crippen molar-refractivity contribution < 1.29 is 10.2 Å². The fourth-order valence-corrected chi connectivity index (χ4v) is 0.893. The Morgan fingerprint density at radius 2 is 2.00 bits per heavy atom. The van der Waals surface area contributed by atoms with Gasteiger partial charge in [0.15, 0.2) is 0 Å². The van der Waals surface area contributed by atoms with Gasteiger partial charge in [0.1, 0.15) is 5.82 Å². The third-order valence-corrected chi connectivity index (χ3v) is 1.71. The standard InChI is InChI=1S/C8H14N4O2/c9-1-6-2-11-8(3-10-6)12-7(4-13)5-14/h2-3,7,13-14H,1,4-5,9H2,(H,11,12). The van der Waals surface area contributed by atoms with Crippen LogP contribution in [0.3, 0.4) is 0 Å². The molecule has 0 aromatic carbocycles. The minimum atomic E-state index is -0.409. The molecule has 0 unspecified atom stereocenters. The summed E-state index contributed by atoms with van der Waals surface area (Å²) in [5, 5.41) is 20.4. The third kappa shape index (κ3) is 2.91. The van der Waals surface area contributed by atoms with Crippen molar-refractivity contribution in [3.63, 3.8) is 0 Å². The van der Waals surface area contributed by atoms with Crippen LogP contribution < -0.4 is 11.1 Å². The predicted octanol–water partition coefficient (Wildman–Crippen LogP) is -1.30. The number of hydrogen-bond donors (Lipinski definition) is 4. The molecule has 1 heterocycles. The molecule has 6 nitrogen and oxygen atoms in total. The van der Waals surface area contributed by atoms with Gasteiger partial charge in [0, 0.05) is 6.54 Å². The van der Waals surface area contributed by atoms with Crippen LogP contribution in [0.15, 0.2) is 12.4 Å². The van der Waals surface area contributed by atoms with Crippen LogP contribution in [0.4, 0.5) is 5.82 Å². The Balaban J connectivity index is 2.58. The second-order valence-corrected chi connectivity index (χ2v) is 2.80. The summed E-state index contributed by atoms with van der Waals surface area (Å²) in [4.78, 5) is 8.01. The van der Waals surface area contributed by atoms with Gasteiger partial charge >= 0.3 is 0 Å². The minimum absolute atomic E-state index is 0.156. The van der Waals surface area contributed by atoms with Gasteiger partial charge in [-0.1, -0.05) is 0 Å². The second-order valence-electron chi connectivity index (χ2n) is 2.80. The predicted molar refractivity (Wildman–Crippen MR) is 51.5 cm³/mol. The first-order valence-electron chi connectivity index (χ1n) is 4.29. The zero-order valence-electron chi connectivity index (χ0n) is 7.72. The summed E-state index contributed by atoms with van der Waals surface area (Å²) >= 11 is 0. The molecule has 1 rings (SSSR count). The highest BCUT2D eigenvalue weighted by atomic mass is 16.3. The highest BCUT2D eigenvalue weighted by Gasteiger charge is 2.05. The van der Waals surface area contributed by atoms with Crippen molar-refractivity contribution in [3.05, 3.63) is 18.1 Å². The smallest absolute Gasteiger partial charge is 0.144 e. The number of aliphatic hydroxyl groups is 2. The first kappa shape index (κ1) is 10.8. The summed E-state index contributed by atoms with van der Waals surface area (Å²) in [6, 6.07) is -0.409. The van der Waals surface area contributed by atoms with Crippen molar-refractivity contribution in [2.24, 2.45) is 5.73 Å². The van der Waals surface area contributed by atoms with Crippen LogP contribution in [0, 0.1) is 0 Å². The number of rotatable bonds is 5. The first-order chi connectivity index (χ1) is 6.80. The molecule has 5 N–H and O–H groups in total. The Hall–Kier alpha value is -1.24. The topological polar surface area (TPSA) is 104 Å². The van der Waals surface area contributed by atoms with Crippen molar-refractivity contribution in [3.8, 4) is 0 Å². The number of aliphatic hydroxyl groups excluding tert-OH is 2. The molecule has 0 amide bonds. The van der Waals surface area contributed by atoms with E-state index in [0.29, 0.717) is 18.1 Å². The van der Waals surface area contributed by atoms with E-state index in [2.05, 4.69) is 15.3 Å². The zero-order valence-corrected chi connectivity index (χ0v) is 7.72. The summed E-state index contributed by atoms with van der Waals surface area (Å²) in [7, 11) is 0. The zero-order chi connectivity index (χ0) is 10.4. The van der Waals surface area contributed by atoms with Gasteiger partial charge in [0.05, 0.1) is 37.3 Å². The summed E-state index contributed by atoms with van der Waals surface area (Å²) in [6.45, 7) is 0.0321. The summed E-state index contributed by atoms with van der Waals surface area (Å²) in [6.07, 6.45) is 3.06. The van der Waals surface area contributed by atoms with Crippen molar-refractivity contribution in [1.29, 1.82) is 0 Å². The number of aromatic nitrogens is 2. The number of nitrogens with two attached hydrogens (primary N) is 1. The van der Waals surface area contributed by atoms with Gasteiger partial charge in [0.25, 0.3) is 0 Å². The average molecular weight is 198 g/mol. The molecule has 0 atom stereocenters. The Morgan fingerprint density at radius 1 is 1.29 bits per heavy atom. The van der Waals surface area contributed by atoms with E-state index in [-0.39, 0.29) is 13.2 Å². The number of nitrogens with one attached hydrogen (secondary N) is 1. The van der Waals surface area contributed by atoms with Gasteiger partial charge in [-0.15, -0.1) is 0 Å². The van der Waals surface area contributed by atoms with E-state index in [0.717, 1.165) is 0 Å². The lowest BCUT2D eigenvalue weighted by Crippen LogP contribution is -2.28. The molecule has 78 valence electrons. The average Bonchev–Trinajstić information content (AvgIpc) is 2.26. The molecule has 0 aliphatic rings. The molecule has 0 bridgehead atoms. The molecule has 0 saturated carbocycles. The van der Waals surface area contributed by atoms with Crippen LogP contribution >= 0.6 is 0 Å². The maximum atomic E-state index is 8.80. The molecule has 14 heavy (non-hydrogen) atoms. The second kappa shape index (κ2) is 5.48. The molecule has 0 saturated heterocycles. The third-order valence-electron chi connectivity index (χ3n) is 1.71. The van der Waals surface area contributed by atoms with Gasteiger partial charge in [-0.05, 0) is 0 Å². The first-order valence-corrected chi connectivity index (χ1v) is 4.29. The molecule has 0 radical (unpaired) electrons. The maximum Gasteiger partial charge on any atom is 0.144 e. The lowest BCUT2D eigenvalue weighted by Gasteiger charge is -2.13. The highest BCUT2D eigenvalue weighted by Crippen LogP contribution is 2.02. The van der Waals surface area contributed by atoms with Crippen molar-refractivity contribution in [2.75, 3.05) is 18.5 Å². The lowest BCUT2D eigenvalue weighted by molar-refractivity contribution is 0.203. The quantitative estimate of drug-likeness (QED) is 0.469. The lowest BCUT2D eigenvalue weighted by atomic mass is 10.3. The van der Waals surface area contributed by atoms with Gasteiger partial charge in [-0.2, -0.15) is 0 Å². The number of nitrogens with zero attached hydrogens (tertiary/aromatic N) is 2. The van der Waals surface area contributed by atoms with Crippen LogP contribution in [0.5, 0.6) is 0 Å². The highest BCUT2D eigenvalue weighted by molar-refractivity contribution is 5.32. The van der Waals surface area contributed by atoms with Crippen LogP contribution in [-0.2, 0) is 6.54 Å². The van der Waals surface area contributed by atoms with Crippen LogP contribution in [-0.4, -0.2) is 39.4 Å². The molecular formula is C8H14N4O2. The van der Waals surface area contributed by atoms with Crippen LogP contribution in [0.2, 0.25) is 0 Å². The Morgan fingerprint density at radius 3 is 2.43 bits per heavy atom. The van der Waals surface area contributed by atoms with E-state index < -0.39 is 6.04 Å². The molecule has 1 aromatic rings. The molecule has 6 heteroatoms. The fourth-order valence-electron chi connectivity index (χ4n) is 0.893. The number of anilines is 1. The fraction of sp³-hybridized carbons (Fsp3) is 0.500. The van der Waals surface area contributed by atoms with Gasteiger partial charge in [-0.25, -0.2) is 4.98 Å². The number of hydrogen-bond acceptors (Lipinski definition) is 6. The Bertz CT molecular complexity index is 261. The van der Waals surface area contributed by atoms with E-state index in [4.69, 9.17) is 15.9 Å². The molecule has 0 aliphatic carbocycles. The monoisotopic (exact) mass is 198 g/mol. The van der Waals surface area contributed by atoms with Crippen molar-refractivity contribution >= 4 is 5.82 Å². The SMILES string of the molecule is NCc1cnc(NC(CO)CO)cn1. The maximum absolute atomic E-state index is 8.80. The molecule has 1 aromatic heterocycles. The summed E-state index contributed by atoms with van der Waals surface area (Å²) in [5.74, 6) is 0.510. The summed E-state index contributed by atoms with van der Waals surface area (Å²) in [5.41, 5.74) is 6.05. The molecule has 0 fully saturated rings. The van der Waals surface area contributed by atoms with E-state index in [1.54, 1.807) is 6.20 Å². The van der Waals surface area contributed by atoms with Crippen molar-refractivity contribution in [2.45, 2.75) is 12.6 Å². The molecule has 0 aliphatic heterocycles. The van der Waals surface area contributed by atoms with Gasteiger partial charge < -0.3 is 21.3 Å². The normalized spacial score (nSPS) is 10.6. The van der Waals surface area contributed by atoms with E-state index >= 15 is 0 Å². The van der Waals surface area contributed by atoms with Crippen LogP contribution in [0.25, 0.3) is 0 Å². The minimum Gasteiger partial charge on any atom is -0.394 e. The van der Waals surface area contributed by atoms with Crippen LogP contribution in [0.1, 0.15) is 5.69 Å². The largest absolute Gasteiger partial charge is 0.394 e. The van der Waals surface area contributed by atoms with Crippen molar-refractivity contribution in [1.82, 2.24) is 9.97 Å². The summed E-state index contributed by atoms with van der Waals surface area (Å²) < 4.78 is 0. The van der Waals surface area contributed by atoms with Gasteiger partial charge in [-0.3, -0.25) is 4.98 Å².